The molecule has 4 aromatic rings. The molecule has 2 aromatic heterocycles. The third-order valence-corrected chi connectivity index (χ3v) is 6.88. The number of nitrogens with zero attached hydrogens (tertiary/aromatic N) is 1. The van der Waals surface area contributed by atoms with Gasteiger partial charge in [-0.25, -0.2) is 4.98 Å². The molecule has 164 valence electrons. The second kappa shape index (κ2) is 9.71. The number of carbonyl (C=O) groups is 1. The minimum atomic E-state index is -0.185. The lowest BCUT2D eigenvalue weighted by Gasteiger charge is -2.06. The van der Waals surface area contributed by atoms with E-state index < -0.39 is 0 Å². The van der Waals surface area contributed by atoms with Crippen LogP contribution in [0.5, 0.6) is 5.75 Å². The Balaban J connectivity index is 1.51. The molecular formula is C25H24N2O3S2. The van der Waals surface area contributed by atoms with Gasteiger partial charge < -0.3 is 9.72 Å². The van der Waals surface area contributed by atoms with Crippen molar-refractivity contribution < 1.29 is 9.53 Å². The summed E-state index contributed by atoms with van der Waals surface area (Å²) in [6.07, 6.45) is 0. The number of thioether (sulfide) groups is 1. The first-order valence-electron chi connectivity index (χ1n) is 10.5. The zero-order chi connectivity index (χ0) is 22.7. The average Bonchev–Trinajstić information content (AvgIpc) is 3.23. The van der Waals surface area contributed by atoms with E-state index in [4.69, 9.17) is 4.74 Å². The fourth-order valence-electron chi connectivity index (χ4n) is 3.38. The van der Waals surface area contributed by atoms with Crippen molar-refractivity contribution in [3.63, 3.8) is 0 Å². The Kier molecular flexibility index (Phi) is 6.77. The minimum Gasteiger partial charge on any atom is -0.494 e. The van der Waals surface area contributed by atoms with Gasteiger partial charge in [-0.1, -0.05) is 49.9 Å². The van der Waals surface area contributed by atoms with Crippen LogP contribution in [0.15, 0.2) is 63.9 Å². The van der Waals surface area contributed by atoms with Gasteiger partial charge in [0.2, 0.25) is 0 Å². The van der Waals surface area contributed by atoms with Gasteiger partial charge in [0.1, 0.15) is 10.6 Å². The van der Waals surface area contributed by atoms with E-state index in [1.165, 1.54) is 28.7 Å². The normalized spacial score (nSPS) is 11.2. The smallest absolute Gasteiger partial charge is 0.260 e. The Morgan fingerprint density at radius 1 is 1.12 bits per heavy atom. The number of aromatic nitrogens is 2. The lowest BCUT2D eigenvalue weighted by Crippen LogP contribution is -2.10. The van der Waals surface area contributed by atoms with Gasteiger partial charge in [0.05, 0.1) is 17.7 Å². The standard InChI is InChI=1S/C25H24N2O3S2/c1-4-30-19-11-9-18(10-12-19)21(28)14-32-25-26-23(29)22-20(13-31-24(22)27-25)17-7-5-16(6-8-17)15(2)3/h5-13,15H,4,14H2,1-3H3,(H,26,27,29). The molecule has 0 fully saturated rings. The van der Waals surface area contributed by atoms with Crippen molar-refractivity contribution in [1.82, 2.24) is 9.97 Å². The molecule has 1 N–H and O–H groups in total. The van der Waals surface area contributed by atoms with Crippen molar-refractivity contribution in [1.29, 1.82) is 0 Å². The fourth-order valence-corrected chi connectivity index (χ4v) is 5.14. The van der Waals surface area contributed by atoms with Crippen molar-refractivity contribution >= 4 is 39.1 Å². The molecule has 0 saturated carbocycles. The van der Waals surface area contributed by atoms with Crippen molar-refractivity contribution in [2.24, 2.45) is 0 Å². The van der Waals surface area contributed by atoms with Gasteiger partial charge >= 0.3 is 0 Å². The van der Waals surface area contributed by atoms with Crippen LogP contribution in [-0.2, 0) is 0 Å². The number of Topliss-reactive ketones (excluding diaryl/α,β-unsaturated/α-hetero) is 1. The van der Waals surface area contributed by atoms with Crippen LogP contribution < -0.4 is 10.3 Å². The lowest BCUT2D eigenvalue weighted by atomic mass is 9.99. The Morgan fingerprint density at radius 3 is 2.50 bits per heavy atom. The van der Waals surface area contributed by atoms with Crippen LogP contribution in [0, 0.1) is 0 Å². The highest BCUT2D eigenvalue weighted by Gasteiger charge is 2.15. The summed E-state index contributed by atoms with van der Waals surface area (Å²) in [5.41, 5.74) is 3.56. The molecule has 5 nitrogen and oxygen atoms in total. The Bertz CT molecular complexity index is 1290. The van der Waals surface area contributed by atoms with Crippen molar-refractivity contribution in [2.45, 2.75) is 31.8 Å². The third-order valence-electron chi connectivity index (χ3n) is 5.14. The van der Waals surface area contributed by atoms with Gasteiger partial charge in [-0.15, -0.1) is 11.3 Å². The van der Waals surface area contributed by atoms with Crippen LogP contribution in [0.25, 0.3) is 21.3 Å². The summed E-state index contributed by atoms with van der Waals surface area (Å²) >= 11 is 2.68. The molecule has 0 aliphatic carbocycles. The van der Waals surface area contributed by atoms with Gasteiger partial charge in [0, 0.05) is 16.5 Å². The molecule has 2 heterocycles. The second-order valence-corrected chi connectivity index (χ2v) is 9.47. The van der Waals surface area contributed by atoms with Gasteiger partial charge in [-0.05, 0) is 48.2 Å². The van der Waals surface area contributed by atoms with Crippen LogP contribution in [0.1, 0.15) is 42.6 Å². The molecule has 2 aromatic carbocycles. The van der Waals surface area contributed by atoms with E-state index in [1.807, 2.05) is 12.3 Å². The summed E-state index contributed by atoms with van der Waals surface area (Å²) in [4.78, 5) is 33.5. The molecule has 0 unspecified atom stereocenters. The number of fused-ring (bicyclic) bond motifs is 1. The van der Waals surface area contributed by atoms with Gasteiger partial charge in [-0.2, -0.15) is 0 Å². The van der Waals surface area contributed by atoms with E-state index in [9.17, 15) is 9.59 Å². The first kappa shape index (κ1) is 22.3. The molecule has 7 heteroatoms. The van der Waals surface area contributed by atoms with E-state index in [0.717, 1.165) is 16.9 Å². The maximum Gasteiger partial charge on any atom is 0.260 e. The molecular weight excluding hydrogens is 440 g/mol. The van der Waals surface area contributed by atoms with E-state index >= 15 is 0 Å². The van der Waals surface area contributed by atoms with Crippen LogP contribution >= 0.6 is 23.1 Å². The topological polar surface area (TPSA) is 72.0 Å². The monoisotopic (exact) mass is 464 g/mol. The average molecular weight is 465 g/mol. The molecule has 0 saturated heterocycles. The quantitative estimate of drug-likeness (QED) is 0.192. The summed E-state index contributed by atoms with van der Waals surface area (Å²) in [5.74, 6) is 1.36. The Morgan fingerprint density at radius 2 is 1.84 bits per heavy atom. The highest BCUT2D eigenvalue weighted by atomic mass is 32.2. The number of benzene rings is 2. The highest BCUT2D eigenvalue weighted by molar-refractivity contribution is 7.99. The number of rotatable bonds is 8. The Hall–Kier alpha value is -2.90. The van der Waals surface area contributed by atoms with Gasteiger partial charge in [0.25, 0.3) is 5.56 Å². The van der Waals surface area contributed by atoms with Crippen LogP contribution in [0.4, 0.5) is 0 Å². The number of H-pyrrole nitrogens is 1. The molecule has 0 spiro atoms. The van der Waals surface area contributed by atoms with Crippen molar-refractivity contribution in [2.75, 3.05) is 12.4 Å². The maximum atomic E-state index is 12.8. The SMILES string of the molecule is CCOc1ccc(C(=O)CSc2nc3scc(-c4ccc(C(C)C)cc4)c3c(=O)[nH]2)cc1. The molecule has 32 heavy (non-hydrogen) atoms. The second-order valence-electron chi connectivity index (χ2n) is 7.65. The van der Waals surface area contributed by atoms with Crippen LogP contribution in [0.2, 0.25) is 0 Å². The van der Waals surface area contributed by atoms with E-state index in [2.05, 4.69) is 48.1 Å². The van der Waals surface area contributed by atoms with E-state index in [-0.39, 0.29) is 17.1 Å². The van der Waals surface area contributed by atoms with E-state index in [1.54, 1.807) is 24.3 Å². The highest BCUT2D eigenvalue weighted by Crippen LogP contribution is 2.32. The van der Waals surface area contributed by atoms with Gasteiger partial charge in [-0.3, -0.25) is 9.59 Å². The number of ether oxygens (including phenoxy) is 1. The third kappa shape index (κ3) is 4.79. The number of hydrogen-bond donors (Lipinski definition) is 1. The molecule has 0 aliphatic rings. The summed E-state index contributed by atoms with van der Waals surface area (Å²) in [6, 6.07) is 15.4. The largest absolute Gasteiger partial charge is 0.494 e. The summed E-state index contributed by atoms with van der Waals surface area (Å²) in [6.45, 7) is 6.81. The number of aromatic amines is 1. The number of thiophene rings is 1. The fraction of sp³-hybridized carbons (Fsp3) is 0.240. The zero-order valence-electron chi connectivity index (χ0n) is 18.2. The minimum absolute atomic E-state index is 0.0297. The number of hydrogen-bond acceptors (Lipinski definition) is 6. The zero-order valence-corrected chi connectivity index (χ0v) is 19.8. The number of nitrogens with one attached hydrogen (secondary N) is 1. The summed E-state index contributed by atoms with van der Waals surface area (Å²) in [7, 11) is 0. The molecule has 0 bridgehead atoms. The molecule has 0 radical (unpaired) electrons. The lowest BCUT2D eigenvalue weighted by molar-refractivity contribution is 0.102. The molecule has 0 aliphatic heterocycles. The van der Waals surface area contributed by atoms with Crippen LogP contribution in [0.3, 0.4) is 0 Å². The Labute approximate surface area is 194 Å². The van der Waals surface area contributed by atoms with E-state index in [0.29, 0.717) is 33.5 Å². The predicted molar refractivity (Wildman–Crippen MR) is 132 cm³/mol. The number of carbonyl (C=O) groups excluding carboxylic acids is 1. The molecule has 0 amide bonds. The summed E-state index contributed by atoms with van der Waals surface area (Å²) < 4.78 is 5.41. The predicted octanol–water partition coefficient (Wildman–Crippen LogP) is 6.15. The van der Waals surface area contributed by atoms with Crippen LogP contribution in [-0.4, -0.2) is 28.1 Å². The maximum absolute atomic E-state index is 12.8. The first-order valence-corrected chi connectivity index (χ1v) is 12.3. The van der Waals surface area contributed by atoms with Crippen molar-refractivity contribution in [3.8, 4) is 16.9 Å². The van der Waals surface area contributed by atoms with Crippen molar-refractivity contribution in [3.05, 3.63) is 75.4 Å². The first-order chi connectivity index (χ1) is 15.5. The molecule has 0 atom stereocenters. The summed E-state index contributed by atoms with van der Waals surface area (Å²) in [5, 5.41) is 3.01. The van der Waals surface area contributed by atoms with Gasteiger partial charge in [0.15, 0.2) is 10.9 Å². The molecule has 4 rings (SSSR count). The number of ketones is 1.